The molecule has 0 aliphatic heterocycles. The lowest BCUT2D eigenvalue weighted by Gasteiger charge is -1.82. The first-order valence-electron chi connectivity index (χ1n) is 3.26. The van der Waals surface area contributed by atoms with Crippen molar-refractivity contribution in [3.05, 3.63) is 0 Å². The fourth-order valence-electron chi connectivity index (χ4n) is 0.186. The largest absolute Gasteiger partial charge is 0.396 e. The van der Waals surface area contributed by atoms with Gasteiger partial charge in [-0.2, -0.15) is 11.8 Å². The molecule has 0 saturated heterocycles. The predicted octanol–water partition coefficient (Wildman–Crippen LogP) is 1.68. The Bertz CT molecular complexity index is 38.7. The Labute approximate surface area is 81.7 Å². The second-order valence-electron chi connectivity index (χ2n) is 1.60. The third kappa shape index (κ3) is 23.0. The summed E-state index contributed by atoms with van der Waals surface area (Å²) in [4.78, 5) is 0. The normalized spacial score (nSPS) is 8.40. The second kappa shape index (κ2) is 16.5. The maximum absolute atomic E-state index is 8.05. The van der Waals surface area contributed by atoms with Gasteiger partial charge >= 0.3 is 0 Å². The Morgan fingerprint density at radius 3 is 2.20 bits per heavy atom. The average molecular weight is 277 g/mol. The summed E-state index contributed by atoms with van der Waals surface area (Å²) in [6.07, 6.45) is 3.19. The first kappa shape index (κ1) is 13.6. The van der Waals surface area contributed by atoms with Crippen molar-refractivity contribution in [3.63, 3.8) is 0 Å². The van der Waals surface area contributed by atoms with Crippen LogP contribution in [0, 0.1) is 0 Å². The van der Waals surface area contributed by atoms with Crippen LogP contribution in [0.5, 0.6) is 0 Å². The van der Waals surface area contributed by atoms with E-state index in [-0.39, 0.29) is 0 Å². The van der Waals surface area contributed by atoms with E-state index in [0.717, 1.165) is 12.3 Å². The van der Waals surface area contributed by atoms with Crippen molar-refractivity contribution in [2.75, 3.05) is 25.2 Å². The van der Waals surface area contributed by atoms with Gasteiger partial charge in [0.05, 0.1) is 6.61 Å². The van der Waals surface area contributed by atoms with E-state index >= 15 is 0 Å². The summed E-state index contributed by atoms with van der Waals surface area (Å²) in [5.74, 6) is 0.861. The van der Waals surface area contributed by atoms with Crippen molar-refractivity contribution in [2.24, 2.45) is 0 Å². The lowest BCUT2D eigenvalue weighted by Crippen LogP contribution is -1.95. The molecule has 0 heterocycles. The van der Waals surface area contributed by atoms with Gasteiger partial charge in [0.2, 0.25) is 0 Å². The second-order valence-corrected chi connectivity index (χ2v) is 3.35. The molecule has 10 heavy (non-hydrogen) atoms. The zero-order valence-electron chi connectivity index (χ0n) is 6.56. The number of hydrogen-bond acceptors (Lipinski definition) is 3. The zero-order valence-corrected chi connectivity index (χ0v) is 9.54. The standard InChI is InChI=1S/C3H8IN.C3H8OS/c1-2-3-5-4;1-5-3-2-4/h5H,2-3H2,1H3;4H,2-3H2,1H3. The van der Waals surface area contributed by atoms with Crippen molar-refractivity contribution in [2.45, 2.75) is 13.3 Å². The molecule has 0 amide bonds. The monoisotopic (exact) mass is 277 g/mol. The van der Waals surface area contributed by atoms with Crippen LogP contribution in [-0.2, 0) is 0 Å². The Balaban J connectivity index is 0. The summed E-state index contributed by atoms with van der Waals surface area (Å²) in [7, 11) is 0. The van der Waals surface area contributed by atoms with Gasteiger partial charge in [-0.25, -0.2) is 0 Å². The van der Waals surface area contributed by atoms with Gasteiger partial charge in [0, 0.05) is 35.2 Å². The molecule has 0 aromatic heterocycles. The van der Waals surface area contributed by atoms with Crippen LogP contribution in [0.4, 0.5) is 0 Å². The molecule has 0 rings (SSSR count). The molecule has 0 saturated carbocycles. The van der Waals surface area contributed by atoms with Gasteiger partial charge in [-0.3, -0.25) is 3.53 Å². The lowest BCUT2D eigenvalue weighted by atomic mass is 10.5. The van der Waals surface area contributed by atoms with Crippen molar-refractivity contribution in [1.82, 2.24) is 3.53 Å². The predicted molar refractivity (Wildman–Crippen MR) is 57.8 cm³/mol. The van der Waals surface area contributed by atoms with E-state index in [1.54, 1.807) is 11.8 Å². The highest BCUT2D eigenvalue weighted by molar-refractivity contribution is 14.1. The molecule has 0 spiro atoms. The fourth-order valence-corrected chi connectivity index (χ4v) is 0.908. The number of hydrogen-bond donors (Lipinski definition) is 2. The number of nitrogens with one attached hydrogen (secondary N) is 1. The van der Waals surface area contributed by atoms with Crippen molar-refractivity contribution in [3.8, 4) is 0 Å². The number of thioether (sulfide) groups is 1. The van der Waals surface area contributed by atoms with Gasteiger partial charge in [0.1, 0.15) is 0 Å². The molecule has 0 atom stereocenters. The van der Waals surface area contributed by atoms with Crippen LogP contribution in [0.2, 0.25) is 0 Å². The Hall–Kier alpha value is 1.00. The van der Waals surface area contributed by atoms with E-state index in [2.05, 4.69) is 33.3 Å². The first-order chi connectivity index (χ1) is 4.83. The molecule has 0 bridgehead atoms. The highest BCUT2D eigenvalue weighted by Crippen LogP contribution is 1.85. The molecule has 2 nitrogen and oxygen atoms in total. The molecular weight excluding hydrogens is 261 g/mol. The summed E-state index contributed by atoms with van der Waals surface area (Å²) in [6.45, 7) is 3.58. The topological polar surface area (TPSA) is 32.3 Å². The molecule has 0 aromatic rings. The lowest BCUT2D eigenvalue weighted by molar-refractivity contribution is 0.322. The summed E-state index contributed by atoms with van der Waals surface area (Å²) in [5.41, 5.74) is 0. The number of rotatable bonds is 4. The Morgan fingerprint density at radius 1 is 1.60 bits per heavy atom. The summed E-state index contributed by atoms with van der Waals surface area (Å²) in [5, 5.41) is 8.05. The van der Waals surface area contributed by atoms with Gasteiger partial charge in [-0.15, -0.1) is 0 Å². The molecule has 0 fully saturated rings. The molecular formula is C6H16INOS. The molecule has 2 N–H and O–H groups in total. The van der Waals surface area contributed by atoms with E-state index in [1.165, 1.54) is 6.42 Å². The molecule has 0 aliphatic rings. The van der Waals surface area contributed by atoms with Crippen molar-refractivity contribution >= 4 is 34.6 Å². The highest BCUT2D eigenvalue weighted by atomic mass is 127. The van der Waals surface area contributed by atoms with Crippen LogP contribution in [0.3, 0.4) is 0 Å². The van der Waals surface area contributed by atoms with Gasteiger partial charge in [0.25, 0.3) is 0 Å². The summed E-state index contributed by atoms with van der Waals surface area (Å²) in [6, 6.07) is 0. The minimum atomic E-state index is 0.307. The van der Waals surface area contributed by atoms with Crippen LogP contribution in [0.15, 0.2) is 0 Å². The van der Waals surface area contributed by atoms with E-state index in [4.69, 9.17) is 5.11 Å². The van der Waals surface area contributed by atoms with Gasteiger partial charge in [0.15, 0.2) is 0 Å². The molecule has 4 heteroatoms. The first-order valence-corrected chi connectivity index (χ1v) is 5.74. The minimum absolute atomic E-state index is 0.307. The number of aliphatic hydroxyl groups excluding tert-OH is 1. The molecule has 0 unspecified atom stereocenters. The fraction of sp³-hybridized carbons (Fsp3) is 1.00. The van der Waals surface area contributed by atoms with E-state index in [1.807, 2.05) is 6.26 Å². The average Bonchev–Trinajstić information content (AvgIpc) is 1.93. The quantitative estimate of drug-likeness (QED) is 0.605. The van der Waals surface area contributed by atoms with Crippen LogP contribution >= 0.6 is 34.6 Å². The molecule has 0 aliphatic carbocycles. The smallest absolute Gasteiger partial charge is 0.0521 e. The van der Waals surface area contributed by atoms with Crippen LogP contribution in [-0.4, -0.2) is 30.3 Å². The van der Waals surface area contributed by atoms with Gasteiger partial charge in [-0.05, 0) is 12.7 Å². The molecule has 64 valence electrons. The van der Waals surface area contributed by atoms with Crippen LogP contribution in [0.25, 0.3) is 0 Å². The molecule has 0 radical (unpaired) electrons. The van der Waals surface area contributed by atoms with Crippen molar-refractivity contribution in [1.29, 1.82) is 0 Å². The Kier molecular flexibility index (Phi) is 22.4. The van der Waals surface area contributed by atoms with E-state index in [9.17, 15) is 0 Å². The Morgan fingerprint density at radius 2 is 2.20 bits per heavy atom. The zero-order chi connectivity index (χ0) is 8.24. The van der Waals surface area contributed by atoms with Crippen LogP contribution in [0.1, 0.15) is 13.3 Å². The highest BCUT2D eigenvalue weighted by Gasteiger charge is 1.68. The summed E-state index contributed by atoms with van der Waals surface area (Å²) >= 11 is 3.79. The van der Waals surface area contributed by atoms with E-state index in [0.29, 0.717) is 6.61 Å². The van der Waals surface area contributed by atoms with Crippen LogP contribution < -0.4 is 3.53 Å². The third-order valence-corrected chi connectivity index (χ3v) is 1.77. The SMILES string of the molecule is CCCNI.CSCCO. The maximum atomic E-state index is 8.05. The van der Waals surface area contributed by atoms with Crippen molar-refractivity contribution < 1.29 is 5.11 Å². The van der Waals surface area contributed by atoms with Gasteiger partial charge < -0.3 is 5.11 Å². The maximum Gasteiger partial charge on any atom is 0.0521 e. The van der Waals surface area contributed by atoms with E-state index < -0.39 is 0 Å². The third-order valence-electron chi connectivity index (χ3n) is 0.640. The molecule has 0 aromatic carbocycles. The summed E-state index contributed by atoms with van der Waals surface area (Å²) < 4.78 is 2.99. The number of aliphatic hydroxyl groups is 1. The number of halogens is 1. The van der Waals surface area contributed by atoms with Gasteiger partial charge in [-0.1, -0.05) is 6.92 Å². The minimum Gasteiger partial charge on any atom is -0.396 e.